The maximum atomic E-state index is 13.1. The Bertz CT molecular complexity index is 1250. The van der Waals surface area contributed by atoms with Gasteiger partial charge in [0.1, 0.15) is 5.82 Å². The van der Waals surface area contributed by atoms with Crippen molar-refractivity contribution in [3.05, 3.63) is 18.1 Å². The topological polar surface area (TPSA) is 134 Å². The third kappa shape index (κ3) is 3.88. The Kier molecular flexibility index (Phi) is 5.10. The minimum absolute atomic E-state index is 0.0370. The van der Waals surface area contributed by atoms with Crippen molar-refractivity contribution in [2.45, 2.75) is 25.8 Å². The monoisotopic (exact) mass is 473 g/mol. The fourth-order valence-corrected chi connectivity index (χ4v) is 4.28. The number of alkyl halides is 2. The van der Waals surface area contributed by atoms with Crippen LogP contribution in [0.3, 0.4) is 0 Å². The van der Waals surface area contributed by atoms with Gasteiger partial charge in [-0.05, 0) is 13.8 Å². The van der Waals surface area contributed by atoms with E-state index >= 15 is 0 Å². The van der Waals surface area contributed by atoms with E-state index in [4.69, 9.17) is 5.73 Å². The van der Waals surface area contributed by atoms with Crippen LogP contribution in [0.1, 0.15) is 12.6 Å². The van der Waals surface area contributed by atoms with Gasteiger partial charge in [-0.25, -0.2) is 23.5 Å². The first kappa shape index (κ1) is 22.0. The van der Waals surface area contributed by atoms with Gasteiger partial charge in [-0.15, -0.1) is 0 Å². The number of nitrogen functional groups attached to an aromatic ring is 1. The SMILES string of the molecule is Cc1nc(N2CC(F)(F)C2)ncc1NC(=O)N1CCN(c2nc(N)nc3c2cnn3C)[C@@H](C)C1. The van der Waals surface area contributed by atoms with E-state index in [1.807, 2.05) is 6.92 Å². The number of hydrogen-bond donors (Lipinski definition) is 2. The van der Waals surface area contributed by atoms with Crippen molar-refractivity contribution in [2.75, 3.05) is 53.6 Å². The second kappa shape index (κ2) is 7.88. The number of aromatic nitrogens is 6. The molecule has 34 heavy (non-hydrogen) atoms. The van der Waals surface area contributed by atoms with Crippen LogP contribution in [0.15, 0.2) is 12.4 Å². The Morgan fingerprint density at radius 1 is 1.21 bits per heavy atom. The lowest BCUT2D eigenvalue weighted by molar-refractivity contribution is -0.0271. The molecule has 0 aromatic carbocycles. The van der Waals surface area contributed by atoms with Gasteiger partial charge in [-0.1, -0.05) is 0 Å². The summed E-state index contributed by atoms with van der Waals surface area (Å²) < 4.78 is 27.9. The molecule has 2 amide bonds. The Labute approximate surface area is 193 Å². The molecule has 0 radical (unpaired) electrons. The number of piperazine rings is 1. The minimum Gasteiger partial charge on any atom is -0.368 e. The molecule has 2 fully saturated rings. The van der Waals surface area contributed by atoms with Gasteiger partial charge in [0.25, 0.3) is 5.92 Å². The first-order valence-electron chi connectivity index (χ1n) is 10.9. The molecule has 0 spiro atoms. The number of carbonyl (C=O) groups is 1. The number of anilines is 4. The summed E-state index contributed by atoms with van der Waals surface area (Å²) in [5, 5.41) is 7.89. The summed E-state index contributed by atoms with van der Waals surface area (Å²) >= 11 is 0. The predicted octanol–water partition coefficient (Wildman–Crippen LogP) is 1.24. The number of nitrogens with two attached hydrogens (primary N) is 1. The van der Waals surface area contributed by atoms with Gasteiger partial charge in [0.05, 0.1) is 42.3 Å². The summed E-state index contributed by atoms with van der Waals surface area (Å²) in [6.07, 6.45) is 3.16. The molecule has 0 unspecified atom stereocenters. The molecule has 180 valence electrons. The average Bonchev–Trinajstić information content (AvgIpc) is 3.13. The average molecular weight is 473 g/mol. The number of nitrogens with zero attached hydrogens (tertiary/aromatic N) is 9. The van der Waals surface area contributed by atoms with E-state index in [0.29, 0.717) is 42.5 Å². The highest BCUT2D eigenvalue weighted by atomic mass is 19.3. The van der Waals surface area contributed by atoms with Crippen LogP contribution in [-0.2, 0) is 7.05 Å². The Morgan fingerprint density at radius 3 is 2.65 bits per heavy atom. The number of nitrogens with one attached hydrogen (secondary N) is 1. The quantitative estimate of drug-likeness (QED) is 0.576. The molecule has 3 aromatic heterocycles. The normalized spacial score (nSPS) is 19.9. The number of fused-ring (bicyclic) bond motifs is 1. The van der Waals surface area contributed by atoms with Crippen LogP contribution in [0.25, 0.3) is 11.0 Å². The fourth-order valence-electron chi connectivity index (χ4n) is 4.28. The number of hydrogen-bond acceptors (Lipinski definition) is 9. The second-order valence-electron chi connectivity index (χ2n) is 8.71. The standard InChI is InChI=1S/C20H25F2N11O/c1-11-8-31(4-5-33(11)16-13-6-25-30(3)15(13)28-17(23)29-16)19(34)27-14-7-24-18(26-12(14)2)32-9-20(21,22)10-32/h6-7,11H,4-5,8-10H2,1-3H3,(H,27,34)(H2,23,28,29)/t11-/m0/s1. The van der Waals surface area contributed by atoms with Gasteiger partial charge < -0.3 is 25.8 Å². The maximum Gasteiger partial charge on any atom is 0.322 e. The van der Waals surface area contributed by atoms with Gasteiger partial charge in [-0.3, -0.25) is 4.68 Å². The van der Waals surface area contributed by atoms with Gasteiger partial charge in [0, 0.05) is 32.7 Å². The Morgan fingerprint density at radius 2 is 1.97 bits per heavy atom. The van der Waals surface area contributed by atoms with Crippen LogP contribution < -0.4 is 20.9 Å². The van der Waals surface area contributed by atoms with E-state index in [1.165, 1.54) is 11.1 Å². The molecule has 3 N–H and O–H groups in total. The molecule has 0 bridgehead atoms. The molecular weight excluding hydrogens is 448 g/mol. The number of halogens is 2. The summed E-state index contributed by atoms with van der Waals surface area (Å²) in [6, 6.07) is -0.319. The van der Waals surface area contributed by atoms with E-state index in [-0.39, 0.29) is 24.0 Å². The zero-order valence-corrected chi connectivity index (χ0v) is 19.0. The van der Waals surface area contributed by atoms with Gasteiger partial charge in [0.2, 0.25) is 11.9 Å². The number of carbonyl (C=O) groups excluding carboxylic acids is 1. The van der Waals surface area contributed by atoms with Crippen LogP contribution in [0, 0.1) is 6.92 Å². The zero-order chi connectivity index (χ0) is 24.2. The lowest BCUT2D eigenvalue weighted by Crippen LogP contribution is -2.57. The highest BCUT2D eigenvalue weighted by molar-refractivity contribution is 5.91. The summed E-state index contributed by atoms with van der Waals surface area (Å²) in [6.45, 7) is 4.38. The first-order chi connectivity index (χ1) is 16.1. The van der Waals surface area contributed by atoms with Crippen molar-refractivity contribution in [1.82, 2.24) is 34.6 Å². The zero-order valence-electron chi connectivity index (χ0n) is 19.0. The lowest BCUT2D eigenvalue weighted by Gasteiger charge is -2.40. The molecule has 2 aliphatic rings. The van der Waals surface area contributed by atoms with Gasteiger partial charge >= 0.3 is 6.03 Å². The number of amides is 2. The molecule has 5 rings (SSSR count). The Hall–Kier alpha value is -3.84. The first-order valence-corrected chi connectivity index (χ1v) is 10.9. The third-order valence-electron chi connectivity index (χ3n) is 6.11. The molecule has 2 saturated heterocycles. The highest BCUT2D eigenvalue weighted by Crippen LogP contribution is 2.31. The van der Waals surface area contributed by atoms with Crippen molar-refractivity contribution in [1.29, 1.82) is 0 Å². The summed E-state index contributed by atoms with van der Waals surface area (Å²) in [5.41, 5.74) is 7.52. The van der Waals surface area contributed by atoms with Gasteiger partial charge in [-0.2, -0.15) is 15.1 Å². The molecule has 0 saturated carbocycles. The highest BCUT2D eigenvalue weighted by Gasteiger charge is 2.45. The number of rotatable bonds is 3. The molecule has 3 aromatic rings. The van der Waals surface area contributed by atoms with Gasteiger partial charge in [0.15, 0.2) is 5.65 Å². The van der Waals surface area contributed by atoms with Crippen LogP contribution in [0.2, 0.25) is 0 Å². The predicted molar refractivity (Wildman–Crippen MR) is 122 cm³/mol. The smallest absolute Gasteiger partial charge is 0.322 e. The van der Waals surface area contributed by atoms with E-state index in [2.05, 4.69) is 35.3 Å². The van der Waals surface area contributed by atoms with Crippen molar-refractivity contribution >= 4 is 40.5 Å². The van der Waals surface area contributed by atoms with E-state index in [0.717, 1.165) is 5.39 Å². The van der Waals surface area contributed by atoms with E-state index < -0.39 is 19.0 Å². The summed E-state index contributed by atoms with van der Waals surface area (Å²) in [4.78, 5) is 35.2. The van der Waals surface area contributed by atoms with Crippen LogP contribution in [-0.4, -0.2) is 85.3 Å². The van der Waals surface area contributed by atoms with E-state index in [9.17, 15) is 13.6 Å². The Balaban J connectivity index is 1.25. The van der Waals surface area contributed by atoms with E-state index in [1.54, 1.807) is 29.7 Å². The van der Waals surface area contributed by atoms with Crippen LogP contribution in [0.5, 0.6) is 0 Å². The molecular formula is C20H25F2N11O. The molecule has 1 atom stereocenters. The molecule has 0 aliphatic carbocycles. The summed E-state index contributed by atoms with van der Waals surface area (Å²) in [5.74, 6) is -1.61. The third-order valence-corrected chi connectivity index (χ3v) is 6.11. The second-order valence-corrected chi connectivity index (χ2v) is 8.71. The molecule has 14 heteroatoms. The van der Waals surface area contributed by atoms with Crippen molar-refractivity contribution in [2.24, 2.45) is 7.05 Å². The number of urea groups is 1. The van der Waals surface area contributed by atoms with Crippen molar-refractivity contribution < 1.29 is 13.6 Å². The van der Waals surface area contributed by atoms with Crippen molar-refractivity contribution in [3.63, 3.8) is 0 Å². The number of aryl methyl sites for hydroxylation is 2. The largest absolute Gasteiger partial charge is 0.368 e. The van der Waals surface area contributed by atoms with Crippen LogP contribution >= 0.6 is 0 Å². The maximum absolute atomic E-state index is 13.1. The molecule has 12 nitrogen and oxygen atoms in total. The van der Waals surface area contributed by atoms with Crippen molar-refractivity contribution in [3.8, 4) is 0 Å². The fraction of sp³-hybridized carbons (Fsp3) is 0.500. The molecule has 5 heterocycles. The lowest BCUT2D eigenvalue weighted by atomic mass is 10.1. The minimum atomic E-state index is -2.71. The summed E-state index contributed by atoms with van der Waals surface area (Å²) in [7, 11) is 1.79. The van der Waals surface area contributed by atoms with Crippen LogP contribution in [0.4, 0.5) is 37.0 Å². The molecule has 2 aliphatic heterocycles.